The Morgan fingerprint density at radius 3 is 2.85 bits per heavy atom. The molecular weight excluding hydrogens is 330 g/mol. The number of amides is 1. The van der Waals surface area contributed by atoms with Gasteiger partial charge in [0.15, 0.2) is 5.82 Å². The first-order chi connectivity index (χ1) is 12.7. The number of nitrogens with zero attached hydrogens (tertiary/aromatic N) is 4. The minimum atomic E-state index is -0.240. The number of carbonyl (C=O) groups is 1. The lowest BCUT2D eigenvalue weighted by molar-refractivity contribution is 0.0924. The molecule has 4 rings (SSSR count). The van der Waals surface area contributed by atoms with Crippen LogP contribution in [0.4, 0.5) is 5.82 Å². The first-order valence-corrected chi connectivity index (χ1v) is 8.76. The van der Waals surface area contributed by atoms with E-state index in [4.69, 9.17) is 5.73 Å². The van der Waals surface area contributed by atoms with Crippen molar-refractivity contribution in [2.75, 3.05) is 5.73 Å². The maximum atomic E-state index is 13.0. The van der Waals surface area contributed by atoms with E-state index in [1.807, 2.05) is 41.9 Å². The zero-order chi connectivity index (χ0) is 18.1. The van der Waals surface area contributed by atoms with Crippen molar-refractivity contribution in [1.29, 1.82) is 0 Å². The number of hydrogen-bond acceptors (Lipinski definition) is 5. The number of H-pyrrole nitrogens is 1. The van der Waals surface area contributed by atoms with Crippen LogP contribution in [0, 0.1) is 5.92 Å². The molecule has 1 aromatic carbocycles. The van der Waals surface area contributed by atoms with Crippen molar-refractivity contribution in [3.63, 3.8) is 0 Å². The molecule has 26 heavy (non-hydrogen) atoms. The van der Waals surface area contributed by atoms with Crippen LogP contribution in [-0.2, 0) is 6.54 Å². The summed E-state index contributed by atoms with van der Waals surface area (Å²) in [7, 11) is 0. The van der Waals surface area contributed by atoms with Gasteiger partial charge >= 0.3 is 0 Å². The molecule has 0 radical (unpaired) electrons. The molecule has 1 atom stereocenters. The molecule has 1 amide bonds. The van der Waals surface area contributed by atoms with Gasteiger partial charge in [0.1, 0.15) is 17.8 Å². The molecule has 0 spiro atoms. The van der Waals surface area contributed by atoms with E-state index < -0.39 is 0 Å². The predicted molar refractivity (Wildman–Crippen MR) is 97.1 cm³/mol. The lowest BCUT2D eigenvalue weighted by atomic mass is 10.0. The van der Waals surface area contributed by atoms with Crippen molar-refractivity contribution in [2.45, 2.75) is 32.4 Å². The summed E-state index contributed by atoms with van der Waals surface area (Å²) in [5.41, 5.74) is 7.84. The molecule has 2 aromatic heterocycles. The third-order valence-corrected chi connectivity index (χ3v) is 4.69. The molecule has 3 aromatic rings. The van der Waals surface area contributed by atoms with Crippen LogP contribution in [0.5, 0.6) is 0 Å². The number of anilines is 1. The van der Waals surface area contributed by atoms with E-state index >= 15 is 0 Å². The maximum absolute atomic E-state index is 13.0. The summed E-state index contributed by atoms with van der Waals surface area (Å²) in [5.74, 6) is 1.24. The lowest BCUT2D eigenvalue weighted by Crippen LogP contribution is -2.32. The van der Waals surface area contributed by atoms with Crippen LogP contribution in [0.3, 0.4) is 0 Å². The fourth-order valence-corrected chi connectivity index (χ4v) is 3.21. The SMILES string of the molecule is CCn1ncnc1[C@H](NC(=O)c1[nH]nc(N)c1-c1ccccc1)C1CC1. The summed E-state index contributed by atoms with van der Waals surface area (Å²) in [6.45, 7) is 2.72. The number of carbonyl (C=O) groups excluding carboxylic acids is 1. The van der Waals surface area contributed by atoms with Crippen molar-refractivity contribution >= 4 is 11.7 Å². The molecule has 1 aliphatic rings. The standard InChI is InChI=1S/C18H21N7O/c1-2-25-17(20-10-21-25)14(12-8-9-12)22-18(26)15-13(16(19)24-23-15)11-6-4-3-5-7-11/h3-7,10,12,14H,2,8-9H2,1H3,(H,22,26)(H3,19,23,24)/t14-/m1/s1. The van der Waals surface area contributed by atoms with Crippen LogP contribution in [0.15, 0.2) is 36.7 Å². The van der Waals surface area contributed by atoms with E-state index in [1.54, 1.807) is 0 Å². The van der Waals surface area contributed by atoms with Gasteiger partial charge in [-0.15, -0.1) is 0 Å². The van der Waals surface area contributed by atoms with Gasteiger partial charge in [0.05, 0.1) is 11.6 Å². The zero-order valence-electron chi connectivity index (χ0n) is 14.5. The second kappa shape index (κ2) is 6.62. The Hall–Kier alpha value is -3.16. The minimum Gasteiger partial charge on any atom is -0.382 e. The van der Waals surface area contributed by atoms with Crippen LogP contribution >= 0.6 is 0 Å². The maximum Gasteiger partial charge on any atom is 0.270 e. The number of rotatable bonds is 6. The molecule has 0 aliphatic heterocycles. The zero-order valence-corrected chi connectivity index (χ0v) is 14.5. The second-order valence-corrected chi connectivity index (χ2v) is 6.45. The third-order valence-electron chi connectivity index (χ3n) is 4.69. The summed E-state index contributed by atoms with van der Waals surface area (Å²) in [6.07, 6.45) is 3.67. The van der Waals surface area contributed by atoms with E-state index in [1.165, 1.54) is 6.33 Å². The molecule has 1 saturated carbocycles. The molecule has 0 saturated heterocycles. The van der Waals surface area contributed by atoms with Gasteiger partial charge in [-0.05, 0) is 31.2 Å². The fraction of sp³-hybridized carbons (Fsp3) is 0.333. The third kappa shape index (κ3) is 2.94. The highest BCUT2D eigenvalue weighted by Gasteiger charge is 2.37. The van der Waals surface area contributed by atoms with Crippen LogP contribution in [0.1, 0.15) is 42.1 Å². The number of nitrogens with one attached hydrogen (secondary N) is 2. The number of nitrogens with two attached hydrogens (primary N) is 1. The fourth-order valence-electron chi connectivity index (χ4n) is 3.21. The number of aromatic nitrogens is 5. The van der Waals surface area contributed by atoms with Crippen molar-refractivity contribution in [3.8, 4) is 11.1 Å². The number of aromatic amines is 1. The molecule has 1 fully saturated rings. The average molecular weight is 351 g/mol. The van der Waals surface area contributed by atoms with E-state index in [2.05, 4.69) is 25.6 Å². The lowest BCUT2D eigenvalue weighted by Gasteiger charge is -2.18. The van der Waals surface area contributed by atoms with Crippen LogP contribution in [-0.4, -0.2) is 30.9 Å². The van der Waals surface area contributed by atoms with Crippen LogP contribution in [0.25, 0.3) is 11.1 Å². The molecule has 8 nitrogen and oxygen atoms in total. The number of benzene rings is 1. The molecular formula is C18H21N7O. The van der Waals surface area contributed by atoms with Crippen molar-refractivity contribution in [1.82, 2.24) is 30.3 Å². The van der Waals surface area contributed by atoms with Crippen LogP contribution < -0.4 is 11.1 Å². The monoisotopic (exact) mass is 351 g/mol. The molecule has 4 N–H and O–H groups in total. The molecule has 0 bridgehead atoms. The predicted octanol–water partition coefficient (Wildman–Crippen LogP) is 2.15. The van der Waals surface area contributed by atoms with E-state index in [0.717, 1.165) is 24.2 Å². The van der Waals surface area contributed by atoms with Gasteiger partial charge in [-0.25, -0.2) is 9.67 Å². The first kappa shape index (κ1) is 16.3. The van der Waals surface area contributed by atoms with Crippen molar-refractivity contribution < 1.29 is 4.79 Å². The molecule has 2 heterocycles. The first-order valence-electron chi connectivity index (χ1n) is 8.76. The van der Waals surface area contributed by atoms with Gasteiger partial charge in [0, 0.05) is 6.54 Å². The van der Waals surface area contributed by atoms with Gasteiger partial charge in [-0.3, -0.25) is 9.89 Å². The topological polar surface area (TPSA) is 115 Å². The average Bonchev–Trinajstić information content (AvgIpc) is 3.26. The van der Waals surface area contributed by atoms with Gasteiger partial charge < -0.3 is 11.1 Å². The highest BCUT2D eigenvalue weighted by Crippen LogP contribution is 2.40. The molecule has 1 aliphatic carbocycles. The van der Waals surface area contributed by atoms with Gasteiger partial charge in [0.25, 0.3) is 5.91 Å². The Labute approximate surface area is 150 Å². The van der Waals surface area contributed by atoms with E-state index in [-0.39, 0.29) is 11.9 Å². The molecule has 8 heteroatoms. The summed E-state index contributed by atoms with van der Waals surface area (Å²) < 4.78 is 1.82. The Balaban J connectivity index is 1.64. The summed E-state index contributed by atoms with van der Waals surface area (Å²) in [4.78, 5) is 17.4. The Kier molecular flexibility index (Phi) is 4.16. The Bertz CT molecular complexity index is 911. The summed E-state index contributed by atoms with van der Waals surface area (Å²) in [5, 5.41) is 14.2. The Morgan fingerprint density at radius 1 is 1.38 bits per heavy atom. The van der Waals surface area contributed by atoms with E-state index in [0.29, 0.717) is 29.5 Å². The second-order valence-electron chi connectivity index (χ2n) is 6.45. The largest absolute Gasteiger partial charge is 0.382 e. The summed E-state index contributed by atoms with van der Waals surface area (Å²) >= 11 is 0. The van der Waals surface area contributed by atoms with Gasteiger partial charge in [-0.1, -0.05) is 30.3 Å². The Morgan fingerprint density at radius 2 is 2.15 bits per heavy atom. The quantitative estimate of drug-likeness (QED) is 0.629. The smallest absolute Gasteiger partial charge is 0.270 e. The van der Waals surface area contributed by atoms with E-state index in [9.17, 15) is 4.79 Å². The van der Waals surface area contributed by atoms with Gasteiger partial charge in [0.2, 0.25) is 0 Å². The number of hydrogen-bond donors (Lipinski definition) is 3. The van der Waals surface area contributed by atoms with Crippen molar-refractivity contribution in [2.24, 2.45) is 5.92 Å². The highest BCUT2D eigenvalue weighted by molar-refractivity contribution is 6.01. The minimum absolute atomic E-state index is 0.168. The highest BCUT2D eigenvalue weighted by atomic mass is 16.2. The number of nitrogen functional groups attached to an aromatic ring is 1. The summed E-state index contributed by atoms with van der Waals surface area (Å²) in [6, 6.07) is 9.37. The number of aryl methyl sites for hydroxylation is 1. The molecule has 134 valence electrons. The van der Waals surface area contributed by atoms with Gasteiger partial charge in [-0.2, -0.15) is 10.2 Å². The molecule has 0 unspecified atom stereocenters. The van der Waals surface area contributed by atoms with Crippen molar-refractivity contribution in [3.05, 3.63) is 48.2 Å². The normalized spacial score (nSPS) is 15.0. The van der Waals surface area contributed by atoms with Crippen LogP contribution in [0.2, 0.25) is 0 Å².